The maximum atomic E-state index is 13.2. The normalized spacial score (nSPS) is 18.2. The van der Waals surface area contributed by atoms with Crippen LogP contribution >= 0.6 is 0 Å². The Balaban J connectivity index is 1.44. The number of methoxy groups -OCH3 is 1. The van der Waals surface area contributed by atoms with Crippen molar-refractivity contribution in [1.29, 1.82) is 0 Å². The molecule has 0 radical (unpaired) electrons. The zero-order chi connectivity index (χ0) is 23.7. The van der Waals surface area contributed by atoms with Crippen LogP contribution < -0.4 is 9.47 Å². The molecule has 1 atom stereocenters. The van der Waals surface area contributed by atoms with Crippen molar-refractivity contribution in [3.05, 3.63) is 83.9 Å². The monoisotopic (exact) mass is 477 g/mol. The average molecular weight is 478 g/mol. The van der Waals surface area contributed by atoms with E-state index in [0.717, 1.165) is 22.6 Å². The second-order valence-electron chi connectivity index (χ2n) is 8.51. The lowest BCUT2D eigenvalue weighted by Crippen LogP contribution is -2.55. The fourth-order valence-corrected chi connectivity index (χ4v) is 6.24. The van der Waals surface area contributed by atoms with Gasteiger partial charge in [-0.2, -0.15) is 4.31 Å². The lowest BCUT2D eigenvalue weighted by atomic mass is 10.1. The average Bonchev–Trinajstić information content (AvgIpc) is 3.00. The van der Waals surface area contributed by atoms with Gasteiger partial charge in [-0.05, 0) is 36.8 Å². The Labute approximate surface area is 200 Å². The van der Waals surface area contributed by atoms with Gasteiger partial charge in [-0.1, -0.05) is 42.5 Å². The Kier molecular flexibility index (Phi) is 6.02. The van der Waals surface area contributed by atoms with Crippen LogP contribution in [0.3, 0.4) is 0 Å². The van der Waals surface area contributed by atoms with Crippen LogP contribution in [-0.2, 0) is 15.8 Å². The van der Waals surface area contributed by atoms with Gasteiger partial charge in [0, 0.05) is 31.7 Å². The summed E-state index contributed by atoms with van der Waals surface area (Å²) in [6.07, 6.45) is 0. The van der Waals surface area contributed by atoms with Crippen LogP contribution in [0.1, 0.15) is 18.1 Å². The third-order valence-electron chi connectivity index (χ3n) is 6.16. The van der Waals surface area contributed by atoms with Crippen molar-refractivity contribution < 1.29 is 17.9 Å². The summed E-state index contributed by atoms with van der Waals surface area (Å²) < 4.78 is 39.6. The van der Waals surface area contributed by atoms with Crippen molar-refractivity contribution >= 4 is 21.5 Å². The molecule has 0 spiro atoms. The standard InChI is InChI=1S/C26H27N3O4S/c1-19-17-28(14-15-29(19)34(30,31)18-20-8-4-3-5-9-20)26-22-13-12-21(32-2)16-25(22)33-24-11-7-6-10-23(24)27-26/h3-13,16,19H,14-15,17-18H2,1-2H3/t19-/m0/s1. The molecule has 0 bridgehead atoms. The lowest BCUT2D eigenvalue weighted by molar-refractivity contribution is 0.205. The second kappa shape index (κ2) is 9.12. The highest BCUT2D eigenvalue weighted by molar-refractivity contribution is 7.88. The van der Waals surface area contributed by atoms with Gasteiger partial charge in [-0.25, -0.2) is 13.4 Å². The van der Waals surface area contributed by atoms with E-state index in [-0.39, 0.29) is 11.8 Å². The molecule has 0 unspecified atom stereocenters. The first-order valence-corrected chi connectivity index (χ1v) is 12.9. The SMILES string of the molecule is COc1ccc2c(c1)Oc1ccccc1N=C2N1CCN(S(=O)(=O)Cc2ccccc2)[C@@H](C)C1. The van der Waals surface area contributed by atoms with Crippen molar-refractivity contribution in [2.24, 2.45) is 4.99 Å². The number of aliphatic imine (C=N–C) groups is 1. The molecule has 2 heterocycles. The first-order chi connectivity index (χ1) is 16.4. The van der Waals surface area contributed by atoms with Gasteiger partial charge in [-0.15, -0.1) is 0 Å². The number of nitrogens with zero attached hydrogens (tertiary/aromatic N) is 3. The molecule has 3 aromatic rings. The summed E-state index contributed by atoms with van der Waals surface area (Å²) in [5.41, 5.74) is 2.38. The highest BCUT2D eigenvalue weighted by atomic mass is 32.2. The molecule has 0 aromatic heterocycles. The van der Waals surface area contributed by atoms with E-state index in [1.807, 2.05) is 79.7 Å². The molecule has 0 saturated carbocycles. The van der Waals surface area contributed by atoms with Gasteiger partial charge in [0.1, 0.15) is 23.0 Å². The summed E-state index contributed by atoms with van der Waals surface area (Å²) in [7, 11) is -1.82. The second-order valence-corrected chi connectivity index (χ2v) is 10.4. The summed E-state index contributed by atoms with van der Waals surface area (Å²) >= 11 is 0. The molecule has 3 aromatic carbocycles. The van der Waals surface area contributed by atoms with Crippen LogP contribution in [0.25, 0.3) is 0 Å². The number of para-hydroxylation sites is 2. The molecule has 1 fully saturated rings. The smallest absolute Gasteiger partial charge is 0.218 e. The fraction of sp³-hybridized carbons (Fsp3) is 0.269. The molecule has 34 heavy (non-hydrogen) atoms. The first kappa shape index (κ1) is 22.4. The van der Waals surface area contributed by atoms with Crippen LogP contribution in [0.15, 0.2) is 77.8 Å². The number of piperazine rings is 1. The molecular formula is C26H27N3O4S. The third-order valence-corrected chi connectivity index (χ3v) is 8.11. The number of rotatable bonds is 4. The van der Waals surface area contributed by atoms with E-state index in [1.165, 1.54) is 0 Å². The number of fused-ring (bicyclic) bond motifs is 2. The minimum absolute atomic E-state index is 0.00295. The molecule has 176 valence electrons. The van der Waals surface area contributed by atoms with Crippen LogP contribution in [0.2, 0.25) is 0 Å². The number of amidine groups is 1. The third kappa shape index (κ3) is 4.38. The number of ether oxygens (including phenoxy) is 2. The maximum Gasteiger partial charge on any atom is 0.218 e. The Morgan fingerprint density at radius 1 is 1.00 bits per heavy atom. The van der Waals surface area contributed by atoms with Crippen molar-refractivity contribution in [1.82, 2.24) is 9.21 Å². The summed E-state index contributed by atoms with van der Waals surface area (Å²) in [6, 6.07) is 22.5. The fourth-order valence-electron chi connectivity index (χ4n) is 4.48. The number of benzene rings is 3. The Bertz CT molecular complexity index is 1320. The van der Waals surface area contributed by atoms with Gasteiger partial charge >= 0.3 is 0 Å². The van der Waals surface area contributed by atoms with E-state index in [9.17, 15) is 8.42 Å². The van der Waals surface area contributed by atoms with Gasteiger partial charge < -0.3 is 14.4 Å². The highest BCUT2D eigenvalue weighted by Gasteiger charge is 2.35. The van der Waals surface area contributed by atoms with Gasteiger partial charge in [-0.3, -0.25) is 0 Å². The van der Waals surface area contributed by atoms with Crippen molar-refractivity contribution in [3.8, 4) is 17.2 Å². The van der Waals surface area contributed by atoms with Crippen molar-refractivity contribution in [2.45, 2.75) is 18.7 Å². The predicted octanol–water partition coefficient (Wildman–Crippen LogP) is 4.42. The van der Waals surface area contributed by atoms with Crippen molar-refractivity contribution in [3.63, 3.8) is 0 Å². The van der Waals surface area contributed by atoms with E-state index in [2.05, 4.69) is 4.90 Å². The highest BCUT2D eigenvalue weighted by Crippen LogP contribution is 2.39. The van der Waals surface area contributed by atoms with Crippen LogP contribution in [0.4, 0.5) is 5.69 Å². The largest absolute Gasteiger partial charge is 0.497 e. The van der Waals surface area contributed by atoms with Gasteiger partial charge in [0.25, 0.3) is 0 Å². The zero-order valence-corrected chi connectivity index (χ0v) is 20.0. The van der Waals surface area contributed by atoms with Crippen LogP contribution in [0, 0.1) is 0 Å². The minimum Gasteiger partial charge on any atom is -0.497 e. The van der Waals surface area contributed by atoms with E-state index in [1.54, 1.807) is 11.4 Å². The predicted molar refractivity (Wildman–Crippen MR) is 133 cm³/mol. The maximum absolute atomic E-state index is 13.2. The molecule has 0 N–H and O–H groups in total. The first-order valence-electron chi connectivity index (χ1n) is 11.3. The van der Waals surface area contributed by atoms with Crippen molar-refractivity contribution in [2.75, 3.05) is 26.7 Å². The minimum atomic E-state index is -3.44. The zero-order valence-electron chi connectivity index (χ0n) is 19.2. The Hall–Kier alpha value is -3.36. The molecule has 1 saturated heterocycles. The van der Waals surface area contributed by atoms with Gasteiger partial charge in [0.15, 0.2) is 5.75 Å². The summed E-state index contributed by atoms with van der Waals surface area (Å²) in [5.74, 6) is 2.80. The van der Waals surface area contributed by atoms with Gasteiger partial charge in [0.2, 0.25) is 10.0 Å². The number of hydrogen-bond donors (Lipinski definition) is 0. The quantitative estimate of drug-likeness (QED) is 0.557. The number of hydrogen-bond acceptors (Lipinski definition) is 6. The van der Waals surface area contributed by atoms with E-state index < -0.39 is 10.0 Å². The number of sulfonamides is 1. The summed E-state index contributed by atoms with van der Waals surface area (Å²) in [5, 5.41) is 0. The molecule has 0 amide bonds. The molecular weight excluding hydrogens is 450 g/mol. The lowest BCUT2D eigenvalue weighted by Gasteiger charge is -2.40. The van der Waals surface area contributed by atoms with E-state index >= 15 is 0 Å². The molecule has 8 heteroatoms. The molecule has 2 aliphatic rings. The summed E-state index contributed by atoms with van der Waals surface area (Å²) in [4.78, 5) is 7.11. The van der Waals surface area contributed by atoms with Crippen LogP contribution in [0.5, 0.6) is 17.2 Å². The molecule has 5 rings (SSSR count). The summed E-state index contributed by atoms with van der Waals surface area (Å²) in [6.45, 7) is 3.40. The van der Waals surface area contributed by atoms with Crippen LogP contribution in [-0.4, -0.2) is 56.2 Å². The molecule has 0 aliphatic carbocycles. The molecule has 7 nitrogen and oxygen atoms in total. The molecule has 2 aliphatic heterocycles. The van der Waals surface area contributed by atoms with E-state index in [4.69, 9.17) is 14.5 Å². The Morgan fingerprint density at radius 2 is 1.76 bits per heavy atom. The topological polar surface area (TPSA) is 71.4 Å². The van der Waals surface area contributed by atoms with E-state index in [0.29, 0.717) is 36.9 Å². The van der Waals surface area contributed by atoms with Gasteiger partial charge in [0.05, 0.1) is 18.4 Å². The Morgan fingerprint density at radius 3 is 2.53 bits per heavy atom.